The zero-order chi connectivity index (χ0) is 13.5. The number of benzene rings is 1. The molecule has 19 heavy (non-hydrogen) atoms. The van der Waals surface area contributed by atoms with E-state index in [0.717, 1.165) is 50.0 Å². The summed E-state index contributed by atoms with van der Waals surface area (Å²) < 4.78 is 11.3. The Bertz CT molecular complexity index is 355. The molecule has 0 aliphatic carbocycles. The number of ether oxygens (including phenoxy) is 2. The Balaban J connectivity index is 1.86. The molecule has 0 aromatic heterocycles. The summed E-state index contributed by atoms with van der Waals surface area (Å²) >= 11 is 0. The molecule has 0 spiro atoms. The van der Waals surface area contributed by atoms with Crippen LogP contribution in [0.15, 0.2) is 24.3 Å². The number of rotatable bonds is 6. The third kappa shape index (κ3) is 4.51. The largest absolute Gasteiger partial charge is 0.465 e. The lowest BCUT2D eigenvalue weighted by Crippen LogP contribution is -2.24. The van der Waals surface area contributed by atoms with Gasteiger partial charge in [-0.1, -0.05) is 31.9 Å². The van der Waals surface area contributed by atoms with Gasteiger partial charge in [0.1, 0.15) is 5.75 Å². The van der Waals surface area contributed by atoms with Crippen molar-refractivity contribution in [1.29, 1.82) is 0 Å². The SMILES string of the molecule is CCCCC(O)c1ccc(OC2CCCCO2)cc1. The second-order valence-electron chi connectivity index (χ2n) is 5.14. The molecule has 1 saturated heterocycles. The lowest BCUT2D eigenvalue weighted by Gasteiger charge is -2.23. The van der Waals surface area contributed by atoms with Crippen LogP contribution in [0.4, 0.5) is 0 Å². The number of hydrogen-bond acceptors (Lipinski definition) is 3. The number of aliphatic hydroxyl groups is 1. The lowest BCUT2D eigenvalue weighted by atomic mass is 10.0. The van der Waals surface area contributed by atoms with E-state index in [4.69, 9.17) is 9.47 Å². The van der Waals surface area contributed by atoms with E-state index in [1.54, 1.807) is 0 Å². The molecule has 3 nitrogen and oxygen atoms in total. The molecule has 2 rings (SSSR count). The van der Waals surface area contributed by atoms with Crippen molar-refractivity contribution >= 4 is 0 Å². The Morgan fingerprint density at radius 1 is 1.32 bits per heavy atom. The van der Waals surface area contributed by atoms with E-state index in [0.29, 0.717) is 0 Å². The number of aliphatic hydroxyl groups excluding tert-OH is 1. The van der Waals surface area contributed by atoms with E-state index < -0.39 is 0 Å². The van der Waals surface area contributed by atoms with Crippen LogP contribution in [-0.4, -0.2) is 18.0 Å². The predicted octanol–water partition coefficient (Wildman–Crippen LogP) is 3.82. The molecule has 0 bridgehead atoms. The molecular formula is C16H24O3. The van der Waals surface area contributed by atoms with Crippen LogP contribution in [0, 0.1) is 0 Å². The highest BCUT2D eigenvalue weighted by atomic mass is 16.7. The average molecular weight is 264 g/mol. The Morgan fingerprint density at radius 3 is 2.74 bits per heavy atom. The van der Waals surface area contributed by atoms with Crippen LogP contribution < -0.4 is 4.74 Å². The highest BCUT2D eigenvalue weighted by Gasteiger charge is 2.15. The topological polar surface area (TPSA) is 38.7 Å². The van der Waals surface area contributed by atoms with Gasteiger partial charge in [-0.05, 0) is 37.0 Å². The summed E-state index contributed by atoms with van der Waals surface area (Å²) in [4.78, 5) is 0. The summed E-state index contributed by atoms with van der Waals surface area (Å²) in [5.41, 5.74) is 0.963. The van der Waals surface area contributed by atoms with Crippen LogP contribution in [0.5, 0.6) is 5.75 Å². The first-order valence-corrected chi connectivity index (χ1v) is 7.36. The fraction of sp³-hybridized carbons (Fsp3) is 0.625. The Kier molecular flexibility index (Phi) is 5.67. The van der Waals surface area contributed by atoms with E-state index in [1.165, 1.54) is 6.42 Å². The molecule has 0 amide bonds. The van der Waals surface area contributed by atoms with E-state index in [1.807, 2.05) is 24.3 Å². The second-order valence-corrected chi connectivity index (χ2v) is 5.14. The molecule has 1 aromatic rings. The summed E-state index contributed by atoms with van der Waals surface area (Å²) in [6.45, 7) is 2.92. The van der Waals surface area contributed by atoms with Crippen molar-refractivity contribution in [3.8, 4) is 5.75 Å². The van der Waals surface area contributed by atoms with E-state index in [-0.39, 0.29) is 12.4 Å². The molecule has 1 aliphatic heterocycles. The quantitative estimate of drug-likeness (QED) is 0.849. The van der Waals surface area contributed by atoms with E-state index in [9.17, 15) is 5.11 Å². The van der Waals surface area contributed by atoms with Gasteiger partial charge in [0.15, 0.2) is 6.29 Å². The van der Waals surface area contributed by atoms with Crippen LogP contribution in [0.1, 0.15) is 57.1 Å². The van der Waals surface area contributed by atoms with Crippen LogP contribution in [0.3, 0.4) is 0 Å². The van der Waals surface area contributed by atoms with Crippen LogP contribution in [-0.2, 0) is 4.74 Å². The standard InChI is InChI=1S/C16H24O3/c1-2-3-6-15(17)13-8-10-14(11-9-13)19-16-7-4-5-12-18-16/h8-11,15-17H,2-7,12H2,1H3. The minimum absolute atomic E-state index is 0.107. The van der Waals surface area contributed by atoms with Crippen molar-refractivity contribution in [2.45, 2.75) is 57.8 Å². The summed E-state index contributed by atoms with van der Waals surface area (Å²) in [6, 6.07) is 7.72. The maximum Gasteiger partial charge on any atom is 0.199 e. The van der Waals surface area contributed by atoms with Crippen molar-refractivity contribution in [3.05, 3.63) is 29.8 Å². The zero-order valence-electron chi connectivity index (χ0n) is 11.7. The van der Waals surface area contributed by atoms with Crippen molar-refractivity contribution in [1.82, 2.24) is 0 Å². The van der Waals surface area contributed by atoms with Gasteiger partial charge in [0, 0.05) is 6.42 Å². The molecule has 1 fully saturated rings. The molecule has 2 atom stereocenters. The third-order valence-electron chi connectivity index (χ3n) is 3.50. The monoisotopic (exact) mass is 264 g/mol. The van der Waals surface area contributed by atoms with Gasteiger partial charge >= 0.3 is 0 Å². The van der Waals surface area contributed by atoms with Gasteiger partial charge in [0.05, 0.1) is 12.7 Å². The van der Waals surface area contributed by atoms with Crippen LogP contribution in [0.2, 0.25) is 0 Å². The van der Waals surface area contributed by atoms with Gasteiger partial charge in [-0.15, -0.1) is 0 Å². The normalized spacial score (nSPS) is 21.1. The third-order valence-corrected chi connectivity index (χ3v) is 3.50. The molecule has 2 unspecified atom stereocenters. The maximum atomic E-state index is 10.00. The van der Waals surface area contributed by atoms with E-state index >= 15 is 0 Å². The molecule has 3 heteroatoms. The molecule has 1 heterocycles. The molecule has 1 aliphatic rings. The summed E-state index contributed by atoms with van der Waals surface area (Å²) in [7, 11) is 0. The fourth-order valence-electron chi connectivity index (χ4n) is 2.29. The van der Waals surface area contributed by atoms with Crippen LogP contribution >= 0.6 is 0 Å². The Morgan fingerprint density at radius 2 is 2.11 bits per heavy atom. The maximum absolute atomic E-state index is 10.00. The Hall–Kier alpha value is -1.06. The van der Waals surface area contributed by atoms with Gasteiger partial charge in [0.2, 0.25) is 0 Å². The lowest BCUT2D eigenvalue weighted by molar-refractivity contribution is -0.105. The van der Waals surface area contributed by atoms with Crippen molar-refractivity contribution in [3.63, 3.8) is 0 Å². The summed E-state index contributed by atoms with van der Waals surface area (Å²) in [5.74, 6) is 0.818. The minimum atomic E-state index is -0.361. The first-order chi connectivity index (χ1) is 9.29. The van der Waals surface area contributed by atoms with Crippen molar-refractivity contribution in [2.24, 2.45) is 0 Å². The van der Waals surface area contributed by atoms with Crippen molar-refractivity contribution < 1.29 is 14.6 Å². The average Bonchev–Trinajstić information content (AvgIpc) is 2.46. The highest BCUT2D eigenvalue weighted by Crippen LogP contribution is 2.24. The predicted molar refractivity (Wildman–Crippen MR) is 75.1 cm³/mol. The molecule has 0 radical (unpaired) electrons. The van der Waals surface area contributed by atoms with Crippen LogP contribution in [0.25, 0.3) is 0 Å². The Labute approximate surface area is 115 Å². The van der Waals surface area contributed by atoms with Crippen molar-refractivity contribution in [2.75, 3.05) is 6.61 Å². The second kappa shape index (κ2) is 7.51. The van der Waals surface area contributed by atoms with Gasteiger partial charge in [0.25, 0.3) is 0 Å². The van der Waals surface area contributed by atoms with Gasteiger partial charge in [-0.25, -0.2) is 0 Å². The number of hydrogen-bond donors (Lipinski definition) is 1. The molecule has 106 valence electrons. The first-order valence-electron chi connectivity index (χ1n) is 7.36. The molecular weight excluding hydrogens is 240 g/mol. The zero-order valence-corrected chi connectivity index (χ0v) is 11.7. The number of unbranched alkanes of at least 4 members (excludes halogenated alkanes) is 1. The summed E-state index contributed by atoms with van der Waals surface area (Å²) in [6.07, 6.45) is 5.76. The fourth-order valence-corrected chi connectivity index (χ4v) is 2.29. The van der Waals surface area contributed by atoms with Gasteiger partial charge in [-0.2, -0.15) is 0 Å². The van der Waals surface area contributed by atoms with Gasteiger partial charge in [-0.3, -0.25) is 0 Å². The van der Waals surface area contributed by atoms with E-state index in [2.05, 4.69) is 6.92 Å². The van der Waals surface area contributed by atoms with Gasteiger partial charge < -0.3 is 14.6 Å². The molecule has 1 N–H and O–H groups in total. The highest BCUT2D eigenvalue weighted by molar-refractivity contribution is 5.28. The summed E-state index contributed by atoms with van der Waals surface area (Å²) in [5, 5.41) is 10.00. The molecule has 0 saturated carbocycles. The first kappa shape index (κ1) is 14.4. The minimum Gasteiger partial charge on any atom is -0.465 e. The molecule has 1 aromatic carbocycles. The smallest absolute Gasteiger partial charge is 0.199 e.